The number of rotatable bonds is 4. The zero-order valence-corrected chi connectivity index (χ0v) is 12.6. The minimum Gasteiger partial charge on any atom is -0.303 e. The molecule has 0 unspecified atom stereocenters. The molecule has 1 aromatic heterocycles. The number of hydrogen-bond donors (Lipinski definition) is 1. The van der Waals surface area contributed by atoms with Gasteiger partial charge < -0.3 is 4.90 Å². The van der Waals surface area contributed by atoms with Gasteiger partial charge in [0.2, 0.25) is 5.13 Å². The van der Waals surface area contributed by atoms with Crippen LogP contribution in [0, 0.1) is 0 Å². The van der Waals surface area contributed by atoms with Crippen molar-refractivity contribution in [2.75, 3.05) is 25.1 Å². The Hall–Kier alpha value is -1.46. The lowest BCUT2D eigenvalue weighted by molar-refractivity contribution is 0.275. The second-order valence-electron chi connectivity index (χ2n) is 5.12. The van der Waals surface area contributed by atoms with Gasteiger partial charge in [-0.1, -0.05) is 30.4 Å². The molecule has 2 heterocycles. The zero-order chi connectivity index (χ0) is 13.8. The molecule has 1 saturated heterocycles. The number of para-hydroxylation sites is 1. The van der Waals surface area contributed by atoms with Gasteiger partial charge in [0.15, 0.2) is 0 Å². The summed E-state index contributed by atoms with van der Waals surface area (Å²) in [6.45, 7) is 5.71. The summed E-state index contributed by atoms with van der Waals surface area (Å²) in [4.78, 5) is 7.04. The van der Waals surface area contributed by atoms with E-state index in [0.717, 1.165) is 36.6 Å². The van der Waals surface area contributed by atoms with E-state index in [1.165, 1.54) is 23.4 Å². The van der Waals surface area contributed by atoms with Gasteiger partial charge in [0, 0.05) is 31.6 Å². The van der Waals surface area contributed by atoms with E-state index >= 15 is 0 Å². The van der Waals surface area contributed by atoms with Gasteiger partial charge >= 0.3 is 0 Å². The van der Waals surface area contributed by atoms with Crippen molar-refractivity contribution in [1.29, 1.82) is 0 Å². The first-order chi connectivity index (χ1) is 9.85. The van der Waals surface area contributed by atoms with E-state index in [1.807, 2.05) is 18.2 Å². The van der Waals surface area contributed by atoms with Crippen LogP contribution in [-0.2, 0) is 0 Å². The molecule has 0 amide bonds. The molecule has 1 N–H and O–H groups in total. The van der Waals surface area contributed by atoms with Crippen molar-refractivity contribution in [2.24, 2.45) is 5.10 Å². The van der Waals surface area contributed by atoms with Gasteiger partial charge in [0.05, 0.1) is 10.2 Å². The summed E-state index contributed by atoms with van der Waals surface area (Å²) in [6, 6.07) is 8.18. The normalized spacial score (nSPS) is 16.6. The number of nitrogens with one attached hydrogen (secondary N) is 1. The lowest BCUT2D eigenvalue weighted by atomic mass is 10.1. The summed E-state index contributed by atoms with van der Waals surface area (Å²) in [7, 11) is 0. The van der Waals surface area contributed by atoms with E-state index in [9.17, 15) is 0 Å². The summed E-state index contributed by atoms with van der Waals surface area (Å²) in [5, 5.41) is 5.42. The van der Waals surface area contributed by atoms with Gasteiger partial charge in [0.25, 0.3) is 0 Å². The molecule has 0 spiro atoms. The average Bonchev–Trinajstić information content (AvgIpc) is 2.90. The Morgan fingerprint density at radius 3 is 2.85 bits per heavy atom. The van der Waals surface area contributed by atoms with Crippen molar-refractivity contribution in [3.05, 3.63) is 24.3 Å². The van der Waals surface area contributed by atoms with Crippen molar-refractivity contribution < 1.29 is 0 Å². The number of nitrogens with zero attached hydrogens (tertiary/aromatic N) is 3. The van der Waals surface area contributed by atoms with Crippen LogP contribution in [0.1, 0.15) is 26.2 Å². The summed E-state index contributed by atoms with van der Waals surface area (Å²) < 4.78 is 1.20. The fourth-order valence-electron chi connectivity index (χ4n) is 2.51. The minimum absolute atomic E-state index is 0.884. The molecule has 0 aliphatic carbocycles. The zero-order valence-electron chi connectivity index (χ0n) is 11.8. The van der Waals surface area contributed by atoms with E-state index in [-0.39, 0.29) is 0 Å². The summed E-state index contributed by atoms with van der Waals surface area (Å²) in [6.07, 6.45) is 3.37. The maximum atomic E-state index is 4.53. The van der Waals surface area contributed by atoms with Gasteiger partial charge in [0.1, 0.15) is 0 Å². The second-order valence-corrected chi connectivity index (χ2v) is 6.15. The van der Waals surface area contributed by atoms with Crippen LogP contribution in [0.5, 0.6) is 0 Å². The highest BCUT2D eigenvalue weighted by Gasteiger charge is 2.14. The topological polar surface area (TPSA) is 40.5 Å². The van der Waals surface area contributed by atoms with Crippen molar-refractivity contribution in [3.63, 3.8) is 0 Å². The number of hydrogen-bond acceptors (Lipinski definition) is 5. The van der Waals surface area contributed by atoms with E-state index < -0.39 is 0 Å². The number of thiazole rings is 1. The molecule has 1 aromatic carbocycles. The number of benzene rings is 1. The van der Waals surface area contributed by atoms with Crippen LogP contribution in [0.2, 0.25) is 0 Å². The first kappa shape index (κ1) is 13.5. The molecule has 4 nitrogen and oxygen atoms in total. The highest BCUT2D eigenvalue weighted by atomic mass is 32.1. The fraction of sp³-hybridized carbons (Fsp3) is 0.467. The third-order valence-electron chi connectivity index (χ3n) is 3.58. The van der Waals surface area contributed by atoms with Crippen LogP contribution >= 0.6 is 11.3 Å². The molecule has 0 bridgehead atoms. The SMILES string of the molecule is CCCN1CCC(=NNc2nc3ccccc3s2)CC1. The van der Waals surface area contributed by atoms with Crippen molar-refractivity contribution in [3.8, 4) is 0 Å². The molecule has 20 heavy (non-hydrogen) atoms. The average molecular weight is 288 g/mol. The standard InChI is InChI=1S/C15H20N4S/c1-2-9-19-10-7-12(8-11-19)17-18-15-16-13-5-3-4-6-14(13)20-15/h3-6H,2,7-11H2,1H3,(H,16,18). The monoisotopic (exact) mass is 288 g/mol. The predicted octanol–water partition coefficient (Wildman–Crippen LogP) is 3.57. The van der Waals surface area contributed by atoms with Gasteiger partial charge in [-0.15, -0.1) is 0 Å². The Kier molecular flexibility index (Phi) is 4.28. The minimum atomic E-state index is 0.884. The fourth-order valence-corrected chi connectivity index (χ4v) is 3.32. The molecule has 1 aliphatic heterocycles. The third-order valence-corrected chi connectivity index (χ3v) is 4.52. The van der Waals surface area contributed by atoms with Crippen LogP contribution < -0.4 is 5.43 Å². The van der Waals surface area contributed by atoms with Crippen molar-refractivity contribution >= 4 is 32.4 Å². The van der Waals surface area contributed by atoms with Crippen molar-refractivity contribution in [2.45, 2.75) is 26.2 Å². The number of aromatic nitrogens is 1. The lowest BCUT2D eigenvalue weighted by Gasteiger charge is -2.26. The lowest BCUT2D eigenvalue weighted by Crippen LogP contribution is -2.34. The molecular formula is C15H20N4S. The quantitative estimate of drug-likeness (QED) is 0.874. The number of anilines is 1. The molecule has 1 fully saturated rings. The third kappa shape index (κ3) is 3.16. The molecule has 0 saturated carbocycles. The number of likely N-dealkylation sites (tertiary alicyclic amines) is 1. The second kappa shape index (κ2) is 6.33. The van der Waals surface area contributed by atoms with E-state index in [4.69, 9.17) is 0 Å². The molecule has 0 radical (unpaired) electrons. The number of fused-ring (bicyclic) bond motifs is 1. The van der Waals surface area contributed by atoms with Gasteiger partial charge in [-0.05, 0) is 25.1 Å². The van der Waals surface area contributed by atoms with Gasteiger partial charge in [-0.25, -0.2) is 4.98 Å². The highest BCUT2D eigenvalue weighted by molar-refractivity contribution is 7.22. The molecule has 3 rings (SSSR count). The van der Waals surface area contributed by atoms with Crippen LogP contribution in [0.4, 0.5) is 5.13 Å². The van der Waals surface area contributed by atoms with E-state index in [0.29, 0.717) is 0 Å². The van der Waals surface area contributed by atoms with E-state index in [1.54, 1.807) is 11.3 Å². The van der Waals surface area contributed by atoms with Crippen LogP contribution in [0.25, 0.3) is 10.2 Å². The molecule has 1 aliphatic rings. The van der Waals surface area contributed by atoms with E-state index in [2.05, 4.69) is 33.4 Å². The molecular weight excluding hydrogens is 268 g/mol. The Morgan fingerprint density at radius 1 is 1.30 bits per heavy atom. The van der Waals surface area contributed by atoms with Gasteiger partial charge in [-0.3, -0.25) is 5.43 Å². The molecule has 2 aromatic rings. The van der Waals surface area contributed by atoms with Gasteiger partial charge in [-0.2, -0.15) is 5.10 Å². The van der Waals surface area contributed by atoms with Crippen molar-refractivity contribution in [1.82, 2.24) is 9.88 Å². The number of hydrazone groups is 1. The molecule has 0 atom stereocenters. The maximum absolute atomic E-state index is 4.53. The maximum Gasteiger partial charge on any atom is 0.204 e. The Morgan fingerprint density at radius 2 is 2.10 bits per heavy atom. The Balaban J connectivity index is 1.60. The predicted molar refractivity (Wildman–Crippen MR) is 86.6 cm³/mol. The van der Waals surface area contributed by atoms with Crippen LogP contribution in [-0.4, -0.2) is 35.2 Å². The summed E-state index contributed by atoms with van der Waals surface area (Å²) in [5.74, 6) is 0. The summed E-state index contributed by atoms with van der Waals surface area (Å²) >= 11 is 1.65. The Labute approximate surface area is 123 Å². The smallest absolute Gasteiger partial charge is 0.204 e. The first-order valence-electron chi connectivity index (χ1n) is 7.24. The number of piperidine rings is 1. The first-order valence-corrected chi connectivity index (χ1v) is 8.06. The molecule has 106 valence electrons. The van der Waals surface area contributed by atoms with Crippen LogP contribution in [0.15, 0.2) is 29.4 Å². The Bertz CT molecular complexity index is 562. The largest absolute Gasteiger partial charge is 0.303 e. The summed E-state index contributed by atoms with van der Waals surface area (Å²) in [5.41, 5.74) is 5.43. The molecule has 5 heteroatoms. The highest BCUT2D eigenvalue weighted by Crippen LogP contribution is 2.25. The van der Waals surface area contributed by atoms with Crippen LogP contribution in [0.3, 0.4) is 0 Å².